The van der Waals surface area contributed by atoms with Crippen molar-refractivity contribution in [2.45, 2.75) is 18.8 Å². The highest BCUT2D eigenvalue weighted by atomic mass is 79.9. The lowest BCUT2D eigenvalue weighted by Gasteiger charge is -2.14. The maximum atomic E-state index is 5.46. The number of hydrogen-bond acceptors (Lipinski definition) is 2. The van der Waals surface area contributed by atoms with Gasteiger partial charge in [-0.05, 0) is 24.3 Å². The zero-order valence-electron chi connectivity index (χ0n) is 10.4. The largest absolute Gasteiger partial charge is 0.382 e. The average Bonchev–Trinajstić information content (AvgIpc) is 2.39. The van der Waals surface area contributed by atoms with Crippen LogP contribution >= 0.6 is 15.9 Å². The van der Waals surface area contributed by atoms with Gasteiger partial charge in [0.25, 0.3) is 0 Å². The van der Waals surface area contributed by atoms with Gasteiger partial charge >= 0.3 is 0 Å². The third-order valence-electron chi connectivity index (χ3n) is 2.73. The number of ether oxygens (including phenoxy) is 2. The molecule has 0 spiro atoms. The van der Waals surface area contributed by atoms with Gasteiger partial charge in [-0.2, -0.15) is 0 Å². The standard InChI is InChI=1S/C14H21BrO2/c1-16-10-11-17-9-5-8-14(12-15)13-6-3-2-4-7-13/h2-4,6-7,14H,5,8-12H2,1H3. The molecule has 0 fully saturated rings. The molecule has 1 unspecified atom stereocenters. The first-order valence-corrected chi connectivity index (χ1v) is 7.18. The molecule has 2 nitrogen and oxygen atoms in total. The Morgan fingerprint density at radius 1 is 1.12 bits per heavy atom. The second kappa shape index (κ2) is 9.63. The van der Waals surface area contributed by atoms with Crippen LogP contribution in [0, 0.1) is 0 Å². The Morgan fingerprint density at radius 2 is 1.88 bits per heavy atom. The minimum atomic E-state index is 0.585. The fraction of sp³-hybridized carbons (Fsp3) is 0.571. The molecule has 0 aliphatic heterocycles. The predicted octanol–water partition coefficient (Wildman–Crippen LogP) is 3.61. The molecule has 0 radical (unpaired) electrons. The molecule has 0 N–H and O–H groups in total. The summed E-state index contributed by atoms with van der Waals surface area (Å²) >= 11 is 3.59. The number of benzene rings is 1. The van der Waals surface area contributed by atoms with Crippen LogP contribution in [0.3, 0.4) is 0 Å². The quantitative estimate of drug-likeness (QED) is 0.512. The molecule has 1 rings (SSSR count). The van der Waals surface area contributed by atoms with Gasteiger partial charge in [0.15, 0.2) is 0 Å². The van der Waals surface area contributed by atoms with Gasteiger partial charge in [-0.15, -0.1) is 0 Å². The molecule has 0 saturated carbocycles. The second-order valence-electron chi connectivity index (χ2n) is 4.01. The molecule has 0 bridgehead atoms. The molecule has 1 aromatic rings. The topological polar surface area (TPSA) is 18.5 Å². The Morgan fingerprint density at radius 3 is 2.53 bits per heavy atom. The first-order valence-electron chi connectivity index (χ1n) is 6.06. The first kappa shape index (κ1) is 14.7. The van der Waals surface area contributed by atoms with Crippen LogP contribution in [0.4, 0.5) is 0 Å². The van der Waals surface area contributed by atoms with Crippen molar-refractivity contribution in [2.24, 2.45) is 0 Å². The monoisotopic (exact) mass is 300 g/mol. The second-order valence-corrected chi connectivity index (χ2v) is 4.66. The van der Waals surface area contributed by atoms with Crippen LogP contribution in [0.25, 0.3) is 0 Å². The molecule has 17 heavy (non-hydrogen) atoms. The van der Waals surface area contributed by atoms with Gasteiger partial charge in [-0.1, -0.05) is 46.3 Å². The Labute approximate surface area is 112 Å². The lowest BCUT2D eigenvalue weighted by molar-refractivity contribution is 0.0683. The Kier molecular flexibility index (Phi) is 8.32. The molecule has 0 saturated heterocycles. The summed E-state index contributed by atoms with van der Waals surface area (Å²) < 4.78 is 10.4. The van der Waals surface area contributed by atoms with Crippen LogP contribution in [0.2, 0.25) is 0 Å². The molecule has 96 valence electrons. The van der Waals surface area contributed by atoms with Crippen LogP contribution < -0.4 is 0 Å². The van der Waals surface area contributed by atoms with E-state index in [2.05, 4.69) is 46.3 Å². The van der Waals surface area contributed by atoms with Crippen LogP contribution in [-0.4, -0.2) is 32.3 Å². The van der Waals surface area contributed by atoms with Gasteiger partial charge in [-0.3, -0.25) is 0 Å². The van der Waals surface area contributed by atoms with Crippen molar-refractivity contribution in [2.75, 3.05) is 32.3 Å². The Hall–Kier alpha value is -0.380. The highest BCUT2D eigenvalue weighted by Gasteiger charge is 2.08. The third-order valence-corrected chi connectivity index (χ3v) is 3.51. The zero-order chi connectivity index (χ0) is 12.3. The van der Waals surface area contributed by atoms with Crippen LogP contribution in [0.1, 0.15) is 24.3 Å². The summed E-state index contributed by atoms with van der Waals surface area (Å²) in [5.74, 6) is 0.585. The highest BCUT2D eigenvalue weighted by Crippen LogP contribution is 2.23. The fourth-order valence-electron chi connectivity index (χ4n) is 1.73. The number of methoxy groups -OCH3 is 1. The molecular formula is C14H21BrO2. The molecule has 0 aromatic heterocycles. The molecule has 1 aromatic carbocycles. The van der Waals surface area contributed by atoms with Crippen molar-refractivity contribution in [3.05, 3.63) is 35.9 Å². The van der Waals surface area contributed by atoms with Gasteiger partial charge in [0.2, 0.25) is 0 Å². The number of hydrogen-bond donors (Lipinski definition) is 0. The van der Waals surface area contributed by atoms with Crippen molar-refractivity contribution in [3.8, 4) is 0 Å². The van der Waals surface area contributed by atoms with Gasteiger partial charge in [-0.25, -0.2) is 0 Å². The van der Waals surface area contributed by atoms with E-state index in [0.29, 0.717) is 19.1 Å². The predicted molar refractivity (Wildman–Crippen MR) is 74.9 cm³/mol. The Balaban J connectivity index is 2.20. The maximum Gasteiger partial charge on any atom is 0.0700 e. The van der Waals surface area contributed by atoms with E-state index in [9.17, 15) is 0 Å². The van der Waals surface area contributed by atoms with Crippen molar-refractivity contribution >= 4 is 15.9 Å². The lowest BCUT2D eigenvalue weighted by atomic mass is 9.96. The van der Waals surface area contributed by atoms with Gasteiger partial charge in [0.1, 0.15) is 0 Å². The number of halogens is 1. The summed E-state index contributed by atoms with van der Waals surface area (Å²) in [6, 6.07) is 10.6. The van der Waals surface area contributed by atoms with Crippen molar-refractivity contribution in [1.29, 1.82) is 0 Å². The summed E-state index contributed by atoms with van der Waals surface area (Å²) in [6.07, 6.45) is 2.25. The summed E-state index contributed by atoms with van der Waals surface area (Å²) in [5, 5.41) is 1.01. The van der Waals surface area contributed by atoms with Crippen molar-refractivity contribution in [1.82, 2.24) is 0 Å². The summed E-state index contributed by atoms with van der Waals surface area (Å²) in [4.78, 5) is 0. The van der Waals surface area contributed by atoms with Crippen molar-refractivity contribution in [3.63, 3.8) is 0 Å². The van der Waals surface area contributed by atoms with Crippen molar-refractivity contribution < 1.29 is 9.47 Å². The summed E-state index contributed by atoms with van der Waals surface area (Å²) in [7, 11) is 1.69. The van der Waals surface area contributed by atoms with E-state index in [4.69, 9.17) is 9.47 Å². The molecule has 0 heterocycles. The lowest BCUT2D eigenvalue weighted by Crippen LogP contribution is -2.06. The smallest absolute Gasteiger partial charge is 0.0700 e. The minimum absolute atomic E-state index is 0.585. The molecule has 3 heteroatoms. The van der Waals surface area contributed by atoms with Gasteiger partial charge < -0.3 is 9.47 Å². The van der Waals surface area contributed by atoms with E-state index in [1.54, 1.807) is 7.11 Å². The van der Waals surface area contributed by atoms with E-state index < -0.39 is 0 Å². The van der Waals surface area contributed by atoms with Crippen LogP contribution in [0.15, 0.2) is 30.3 Å². The average molecular weight is 301 g/mol. The van der Waals surface area contributed by atoms with Gasteiger partial charge in [0.05, 0.1) is 13.2 Å². The van der Waals surface area contributed by atoms with E-state index in [1.807, 2.05) is 0 Å². The normalized spacial score (nSPS) is 12.6. The SMILES string of the molecule is COCCOCCCC(CBr)c1ccccc1. The number of rotatable bonds is 9. The van der Waals surface area contributed by atoms with Crippen LogP contribution in [-0.2, 0) is 9.47 Å². The summed E-state index contributed by atoms with van der Waals surface area (Å²) in [6.45, 7) is 2.20. The van der Waals surface area contributed by atoms with E-state index in [1.165, 1.54) is 5.56 Å². The highest BCUT2D eigenvalue weighted by molar-refractivity contribution is 9.09. The Bertz CT molecular complexity index is 277. The fourth-order valence-corrected chi connectivity index (χ4v) is 2.43. The van der Waals surface area contributed by atoms with E-state index in [0.717, 1.165) is 24.8 Å². The third kappa shape index (κ3) is 6.20. The number of alkyl halides is 1. The molecule has 0 aliphatic rings. The molecule has 0 aliphatic carbocycles. The van der Waals surface area contributed by atoms with Gasteiger partial charge in [0, 0.05) is 19.0 Å². The zero-order valence-corrected chi connectivity index (χ0v) is 12.0. The van der Waals surface area contributed by atoms with E-state index in [-0.39, 0.29) is 0 Å². The maximum absolute atomic E-state index is 5.46. The minimum Gasteiger partial charge on any atom is -0.382 e. The molecule has 1 atom stereocenters. The van der Waals surface area contributed by atoms with E-state index >= 15 is 0 Å². The molecular weight excluding hydrogens is 280 g/mol. The summed E-state index contributed by atoms with van der Waals surface area (Å²) in [5.41, 5.74) is 1.40. The first-order chi connectivity index (χ1) is 8.38. The molecule has 0 amide bonds. The van der Waals surface area contributed by atoms with Crippen LogP contribution in [0.5, 0.6) is 0 Å².